The number of ether oxygens (including phenoxy) is 1. The number of rotatable bonds is 1. The molecule has 2 nitrogen and oxygen atoms in total. The summed E-state index contributed by atoms with van der Waals surface area (Å²) in [6.07, 6.45) is 0. The first-order chi connectivity index (χ1) is 7.13. The van der Waals surface area contributed by atoms with Gasteiger partial charge in [0, 0.05) is 16.6 Å². The standard InChI is InChI=1S/C13H15NO/c1-8-5-6-12-11(7-8)13(15-4)9(2)10(3)14-12/h5-7H,1-4H3. The topological polar surface area (TPSA) is 22.1 Å². The number of benzene rings is 1. The lowest BCUT2D eigenvalue weighted by molar-refractivity contribution is 0.416. The van der Waals surface area contributed by atoms with E-state index in [1.807, 2.05) is 19.9 Å². The van der Waals surface area contributed by atoms with Crippen LogP contribution in [0.25, 0.3) is 10.9 Å². The number of fused-ring (bicyclic) bond motifs is 1. The third-order valence-corrected chi connectivity index (χ3v) is 2.77. The molecule has 0 saturated heterocycles. The molecule has 2 aromatic rings. The summed E-state index contributed by atoms with van der Waals surface area (Å²) < 4.78 is 5.45. The van der Waals surface area contributed by atoms with Crippen LogP contribution in [0.4, 0.5) is 0 Å². The highest BCUT2D eigenvalue weighted by atomic mass is 16.5. The van der Waals surface area contributed by atoms with Crippen LogP contribution >= 0.6 is 0 Å². The molecule has 0 aliphatic heterocycles. The summed E-state index contributed by atoms with van der Waals surface area (Å²) >= 11 is 0. The first-order valence-electron chi connectivity index (χ1n) is 5.05. The highest BCUT2D eigenvalue weighted by Crippen LogP contribution is 2.30. The quantitative estimate of drug-likeness (QED) is 0.707. The molecular weight excluding hydrogens is 186 g/mol. The minimum absolute atomic E-state index is 0.946. The average molecular weight is 201 g/mol. The lowest BCUT2D eigenvalue weighted by atomic mass is 10.1. The highest BCUT2D eigenvalue weighted by Gasteiger charge is 2.09. The molecule has 0 spiro atoms. The Labute approximate surface area is 89.9 Å². The number of pyridine rings is 1. The Kier molecular flexibility index (Phi) is 2.35. The highest BCUT2D eigenvalue weighted by molar-refractivity contribution is 5.87. The van der Waals surface area contributed by atoms with Gasteiger partial charge in [-0.05, 0) is 32.9 Å². The zero-order chi connectivity index (χ0) is 11.0. The SMILES string of the molecule is COc1c(C)c(C)nc2ccc(C)cc12. The predicted molar refractivity (Wildman–Crippen MR) is 62.5 cm³/mol. The van der Waals surface area contributed by atoms with Gasteiger partial charge < -0.3 is 4.74 Å². The maximum atomic E-state index is 5.45. The molecule has 0 saturated carbocycles. The molecule has 1 aromatic carbocycles. The summed E-state index contributed by atoms with van der Waals surface area (Å²) in [4.78, 5) is 4.54. The van der Waals surface area contributed by atoms with Crippen molar-refractivity contribution in [1.29, 1.82) is 0 Å². The van der Waals surface area contributed by atoms with Crippen LogP contribution in [0.1, 0.15) is 16.8 Å². The summed E-state index contributed by atoms with van der Waals surface area (Å²) in [5, 5.41) is 1.10. The minimum Gasteiger partial charge on any atom is -0.496 e. The van der Waals surface area contributed by atoms with E-state index in [0.29, 0.717) is 0 Å². The Morgan fingerprint density at radius 1 is 1.13 bits per heavy atom. The molecule has 0 fully saturated rings. The summed E-state index contributed by atoms with van der Waals surface area (Å²) in [5.74, 6) is 0.946. The van der Waals surface area contributed by atoms with Crippen LogP contribution in [0, 0.1) is 20.8 Å². The number of nitrogens with zero attached hydrogens (tertiary/aromatic N) is 1. The van der Waals surface area contributed by atoms with Gasteiger partial charge in [-0.1, -0.05) is 11.6 Å². The van der Waals surface area contributed by atoms with Gasteiger partial charge in [-0.2, -0.15) is 0 Å². The van der Waals surface area contributed by atoms with Gasteiger partial charge in [0.25, 0.3) is 0 Å². The van der Waals surface area contributed by atoms with Crippen molar-refractivity contribution in [2.24, 2.45) is 0 Å². The minimum atomic E-state index is 0.946. The van der Waals surface area contributed by atoms with Gasteiger partial charge in [0.2, 0.25) is 0 Å². The molecule has 0 N–H and O–H groups in total. The van der Waals surface area contributed by atoms with Gasteiger partial charge in [0.1, 0.15) is 5.75 Å². The molecule has 0 aliphatic rings. The van der Waals surface area contributed by atoms with Gasteiger partial charge in [-0.15, -0.1) is 0 Å². The Balaban J connectivity index is 2.89. The van der Waals surface area contributed by atoms with Crippen molar-refractivity contribution < 1.29 is 4.74 Å². The number of aromatic nitrogens is 1. The van der Waals surface area contributed by atoms with E-state index in [-0.39, 0.29) is 0 Å². The summed E-state index contributed by atoms with van der Waals surface area (Å²) in [5.41, 5.74) is 4.38. The third kappa shape index (κ3) is 1.56. The van der Waals surface area contributed by atoms with Crippen LogP contribution in [0.3, 0.4) is 0 Å². The molecule has 0 amide bonds. The molecule has 1 aromatic heterocycles. The first-order valence-corrected chi connectivity index (χ1v) is 5.05. The molecule has 0 atom stereocenters. The van der Waals surface area contributed by atoms with Crippen molar-refractivity contribution in [3.05, 3.63) is 35.0 Å². The van der Waals surface area contributed by atoms with Crippen molar-refractivity contribution in [1.82, 2.24) is 4.98 Å². The normalized spacial score (nSPS) is 10.7. The molecule has 0 radical (unpaired) electrons. The van der Waals surface area contributed by atoms with Crippen LogP contribution in [0.2, 0.25) is 0 Å². The van der Waals surface area contributed by atoms with Crippen molar-refractivity contribution in [3.63, 3.8) is 0 Å². The van der Waals surface area contributed by atoms with Crippen molar-refractivity contribution in [2.75, 3.05) is 7.11 Å². The van der Waals surface area contributed by atoms with Crippen molar-refractivity contribution in [3.8, 4) is 5.75 Å². The van der Waals surface area contributed by atoms with Crippen LogP contribution in [0.15, 0.2) is 18.2 Å². The lowest BCUT2D eigenvalue weighted by Gasteiger charge is -2.11. The van der Waals surface area contributed by atoms with Crippen LogP contribution in [0.5, 0.6) is 5.75 Å². The fraction of sp³-hybridized carbons (Fsp3) is 0.308. The zero-order valence-corrected chi connectivity index (χ0v) is 9.59. The Morgan fingerprint density at radius 3 is 2.53 bits per heavy atom. The van der Waals surface area contributed by atoms with E-state index in [1.165, 1.54) is 5.56 Å². The molecule has 2 rings (SSSR count). The van der Waals surface area contributed by atoms with Gasteiger partial charge >= 0.3 is 0 Å². The van der Waals surface area contributed by atoms with E-state index in [1.54, 1.807) is 7.11 Å². The van der Waals surface area contributed by atoms with E-state index < -0.39 is 0 Å². The van der Waals surface area contributed by atoms with Crippen molar-refractivity contribution >= 4 is 10.9 Å². The molecule has 0 aliphatic carbocycles. The van der Waals surface area contributed by atoms with Gasteiger partial charge in [-0.25, -0.2) is 0 Å². The number of hydrogen-bond acceptors (Lipinski definition) is 2. The van der Waals surface area contributed by atoms with Crippen LogP contribution in [-0.4, -0.2) is 12.1 Å². The van der Waals surface area contributed by atoms with Crippen LogP contribution in [-0.2, 0) is 0 Å². The fourth-order valence-corrected chi connectivity index (χ4v) is 1.82. The monoisotopic (exact) mass is 201 g/mol. The maximum absolute atomic E-state index is 5.45. The molecule has 1 heterocycles. The fourth-order valence-electron chi connectivity index (χ4n) is 1.82. The van der Waals surface area contributed by atoms with E-state index in [4.69, 9.17) is 4.74 Å². The number of methoxy groups -OCH3 is 1. The lowest BCUT2D eigenvalue weighted by Crippen LogP contribution is -1.95. The first kappa shape index (κ1) is 9.97. The molecular formula is C13H15NO. The summed E-state index contributed by atoms with van der Waals surface area (Å²) in [6, 6.07) is 6.23. The van der Waals surface area contributed by atoms with Crippen molar-refractivity contribution in [2.45, 2.75) is 20.8 Å². The molecule has 15 heavy (non-hydrogen) atoms. The molecule has 78 valence electrons. The summed E-state index contributed by atoms with van der Waals surface area (Å²) in [7, 11) is 1.71. The van der Waals surface area contributed by atoms with E-state index in [2.05, 4.69) is 24.0 Å². The second kappa shape index (κ2) is 3.54. The third-order valence-electron chi connectivity index (χ3n) is 2.77. The Hall–Kier alpha value is -1.57. The van der Waals surface area contributed by atoms with Gasteiger partial charge in [0.05, 0.1) is 12.6 Å². The smallest absolute Gasteiger partial charge is 0.132 e. The molecule has 0 bridgehead atoms. The predicted octanol–water partition coefficient (Wildman–Crippen LogP) is 3.17. The number of hydrogen-bond donors (Lipinski definition) is 0. The van der Waals surface area contributed by atoms with Gasteiger partial charge in [-0.3, -0.25) is 4.98 Å². The zero-order valence-electron chi connectivity index (χ0n) is 9.59. The van der Waals surface area contributed by atoms with E-state index >= 15 is 0 Å². The maximum Gasteiger partial charge on any atom is 0.132 e. The number of aryl methyl sites for hydroxylation is 2. The second-order valence-corrected chi connectivity index (χ2v) is 3.88. The summed E-state index contributed by atoms with van der Waals surface area (Å²) in [6.45, 7) is 6.13. The Morgan fingerprint density at radius 2 is 1.87 bits per heavy atom. The van der Waals surface area contributed by atoms with Gasteiger partial charge in [0.15, 0.2) is 0 Å². The van der Waals surface area contributed by atoms with E-state index in [9.17, 15) is 0 Å². The Bertz CT molecular complexity index is 517. The largest absolute Gasteiger partial charge is 0.496 e. The second-order valence-electron chi connectivity index (χ2n) is 3.88. The van der Waals surface area contributed by atoms with E-state index in [0.717, 1.165) is 27.9 Å². The molecule has 2 heteroatoms. The average Bonchev–Trinajstić information content (AvgIpc) is 2.21. The molecule has 0 unspecified atom stereocenters. The van der Waals surface area contributed by atoms with Crippen LogP contribution < -0.4 is 4.74 Å².